The molecule has 1 fully saturated rings. The van der Waals surface area contributed by atoms with E-state index < -0.39 is 0 Å². The monoisotopic (exact) mass is 272 g/mol. The first kappa shape index (κ1) is 13.1. The Morgan fingerprint density at radius 1 is 1.30 bits per heavy atom. The highest BCUT2D eigenvalue weighted by molar-refractivity contribution is 5.54. The van der Waals surface area contributed by atoms with Crippen LogP contribution in [0.15, 0.2) is 24.5 Å². The van der Waals surface area contributed by atoms with Gasteiger partial charge in [0, 0.05) is 11.7 Å². The van der Waals surface area contributed by atoms with E-state index in [4.69, 9.17) is 0 Å². The molecule has 0 amide bonds. The number of anilines is 1. The fourth-order valence-corrected chi connectivity index (χ4v) is 2.62. The summed E-state index contributed by atoms with van der Waals surface area (Å²) in [5, 5.41) is 18.4. The lowest BCUT2D eigenvalue weighted by atomic mass is 10.1. The number of aromatic nitrogens is 4. The molecule has 1 aliphatic rings. The highest BCUT2D eigenvalue weighted by Gasteiger charge is 2.12. The van der Waals surface area contributed by atoms with Gasteiger partial charge in [0.1, 0.15) is 6.33 Å². The van der Waals surface area contributed by atoms with Crippen LogP contribution in [-0.4, -0.2) is 39.3 Å². The van der Waals surface area contributed by atoms with E-state index in [2.05, 4.69) is 51.3 Å². The van der Waals surface area contributed by atoms with Crippen LogP contribution >= 0.6 is 0 Å². The third kappa shape index (κ3) is 2.96. The SMILES string of the molecule is Cc1ccc(NC2CCCNCC2)cc1-n1cnnn1. The quantitative estimate of drug-likeness (QED) is 0.887. The molecule has 0 radical (unpaired) electrons. The van der Waals surface area contributed by atoms with Gasteiger partial charge in [-0.2, -0.15) is 0 Å². The van der Waals surface area contributed by atoms with Gasteiger partial charge in [-0.1, -0.05) is 6.07 Å². The maximum Gasteiger partial charge on any atom is 0.143 e. The maximum atomic E-state index is 3.97. The minimum Gasteiger partial charge on any atom is -0.382 e. The zero-order valence-electron chi connectivity index (χ0n) is 11.7. The van der Waals surface area contributed by atoms with Gasteiger partial charge in [-0.25, -0.2) is 4.68 Å². The molecular formula is C14H20N6. The van der Waals surface area contributed by atoms with Gasteiger partial charge in [-0.3, -0.25) is 0 Å². The van der Waals surface area contributed by atoms with Gasteiger partial charge in [-0.15, -0.1) is 5.10 Å². The van der Waals surface area contributed by atoms with Crippen molar-refractivity contribution < 1.29 is 0 Å². The number of rotatable bonds is 3. The molecule has 2 heterocycles. The molecule has 0 saturated carbocycles. The Morgan fingerprint density at radius 3 is 3.10 bits per heavy atom. The molecule has 1 saturated heterocycles. The Labute approximate surface area is 118 Å². The zero-order valence-corrected chi connectivity index (χ0v) is 11.7. The highest BCUT2D eigenvalue weighted by Crippen LogP contribution is 2.20. The lowest BCUT2D eigenvalue weighted by Crippen LogP contribution is -2.21. The van der Waals surface area contributed by atoms with Crippen molar-refractivity contribution in [1.82, 2.24) is 25.5 Å². The van der Waals surface area contributed by atoms with Crippen LogP contribution in [0.2, 0.25) is 0 Å². The molecule has 106 valence electrons. The normalized spacial score (nSPS) is 19.6. The van der Waals surface area contributed by atoms with Crippen molar-refractivity contribution in [1.29, 1.82) is 0 Å². The topological polar surface area (TPSA) is 67.7 Å². The molecule has 1 unspecified atom stereocenters. The van der Waals surface area contributed by atoms with E-state index in [-0.39, 0.29) is 0 Å². The molecule has 6 nitrogen and oxygen atoms in total. The Bertz CT molecular complexity index is 543. The number of aryl methyl sites for hydroxylation is 1. The first-order valence-electron chi connectivity index (χ1n) is 7.14. The Balaban J connectivity index is 1.78. The lowest BCUT2D eigenvalue weighted by molar-refractivity contribution is 0.637. The molecule has 2 N–H and O–H groups in total. The molecule has 0 bridgehead atoms. The summed E-state index contributed by atoms with van der Waals surface area (Å²) in [6.45, 7) is 4.28. The summed E-state index contributed by atoms with van der Waals surface area (Å²) >= 11 is 0. The van der Waals surface area contributed by atoms with Gasteiger partial charge in [-0.05, 0) is 67.4 Å². The van der Waals surface area contributed by atoms with Crippen LogP contribution in [0, 0.1) is 6.92 Å². The van der Waals surface area contributed by atoms with E-state index in [1.807, 2.05) is 0 Å². The van der Waals surface area contributed by atoms with E-state index in [1.54, 1.807) is 11.0 Å². The third-order valence-electron chi connectivity index (χ3n) is 3.75. The molecule has 20 heavy (non-hydrogen) atoms. The second-order valence-corrected chi connectivity index (χ2v) is 5.28. The molecule has 1 aromatic carbocycles. The number of tetrazole rings is 1. The second-order valence-electron chi connectivity index (χ2n) is 5.28. The van der Waals surface area contributed by atoms with Crippen LogP contribution < -0.4 is 10.6 Å². The first-order chi connectivity index (χ1) is 9.83. The summed E-state index contributed by atoms with van der Waals surface area (Å²) in [4.78, 5) is 0. The number of hydrogen-bond acceptors (Lipinski definition) is 5. The molecule has 1 aromatic heterocycles. The van der Waals surface area contributed by atoms with Crippen molar-refractivity contribution in [3.63, 3.8) is 0 Å². The van der Waals surface area contributed by atoms with Crippen LogP contribution in [-0.2, 0) is 0 Å². The fourth-order valence-electron chi connectivity index (χ4n) is 2.62. The molecular weight excluding hydrogens is 252 g/mol. The van der Waals surface area contributed by atoms with Gasteiger partial charge in [0.25, 0.3) is 0 Å². The Morgan fingerprint density at radius 2 is 2.25 bits per heavy atom. The summed E-state index contributed by atoms with van der Waals surface area (Å²) in [6, 6.07) is 6.88. The van der Waals surface area contributed by atoms with E-state index >= 15 is 0 Å². The lowest BCUT2D eigenvalue weighted by Gasteiger charge is -2.18. The first-order valence-corrected chi connectivity index (χ1v) is 7.14. The van der Waals surface area contributed by atoms with Crippen molar-refractivity contribution in [3.8, 4) is 5.69 Å². The number of nitrogens with one attached hydrogen (secondary N) is 2. The van der Waals surface area contributed by atoms with Crippen LogP contribution in [0.1, 0.15) is 24.8 Å². The summed E-state index contributed by atoms with van der Waals surface area (Å²) < 4.78 is 1.70. The fraction of sp³-hybridized carbons (Fsp3) is 0.500. The maximum absolute atomic E-state index is 3.97. The standard InChI is InChI=1S/C14H20N6/c1-11-4-5-13(9-14(11)20-10-16-18-19-20)17-12-3-2-7-15-8-6-12/h4-5,9-10,12,15,17H,2-3,6-8H2,1H3. The van der Waals surface area contributed by atoms with Crippen molar-refractivity contribution in [2.75, 3.05) is 18.4 Å². The smallest absolute Gasteiger partial charge is 0.143 e. The van der Waals surface area contributed by atoms with Crippen LogP contribution in [0.5, 0.6) is 0 Å². The van der Waals surface area contributed by atoms with Crippen LogP contribution in [0.4, 0.5) is 5.69 Å². The van der Waals surface area contributed by atoms with Gasteiger partial charge in [0.2, 0.25) is 0 Å². The average Bonchev–Trinajstić information content (AvgIpc) is 2.86. The number of benzene rings is 1. The highest BCUT2D eigenvalue weighted by atomic mass is 15.5. The van der Waals surface area contributed by atoms with Gasteiger partial charge in [0.15, 0.2) is 0 Å². The van der Waals surface area contributed by atoms with Crippen molar-refractivity contribution in [3.05, 3.63) is 30.1 Å². The second kappa shape index (κ2) is 6.00. The summed E-state index contributed by atoms with van der Waals surface area (Å²) in [5.41, 5.74) is 3.31. The van der Waals surface area contributed by atoms with E-state index in [1.165, 1.54) is 12.8 Å². The summed E-state index contributed by atoms with van der Waals surface area (Å²) in [6.07, 6.45) is 5.22. The van der Waals surface area contributed by atoms with E-state index in [0.29, 0.717) is 6.04 Å². The predicted octanol–water partition coefficient (Wildman–Crippen LogP) is 1.52. The number of nitrogens with zero attached hydrogens (tertiary/aromatic N) is 4. The molecule has 6 heteroatoms. The van der Waals surface area contributed by atoms with Crippen molar-refractivity contribution in [2.24, 2.45) is 0 Å². The average molecular weight is 272 g/mol. The molecule has 0 spiro atoms. The Hall–Kier alpha value is -1.95. The zero-order chi connectivity index (χ0) is 13.8. The minimum absolute atomic E-state index is 0.537. The molecule has 1 aliphatic heterocycles. The van der Waals surface area contributed by atoms with E-state index in [0.717, 1.165) is 36.4 Å². The van der Waals surface area contributed by atoms with Crippen molar-refractivity contribution >= 4 is 5.69 Å². The van der Waals surface area contributed by atoms with Gasteiger partial charge in [0.05, 0.1) is 5.69 Å². The van der Waals surface area contributed by atoms with Gasteiger partial charge < -0.3 is 10.6 Å². The molecule has 0 aliphatic carbocycles. The molecule has 1 atom stereocenters. The third-order valence-corrected chi connectivity index (χ3v) is 3.75. The van der Waals surface area contributed by atoms with E-state index in [9.17, 15) is 0 Å². The largest absolute Gasteiger partial charge is 0.382 e. The minimum atomic E-state index is 0.537. The van der Waals surface area contributed by atoms with Crippen molar-refractivity contribution in [2.45, 2.75) is 32.2 Å². The van der Waals surface area contributed by atoms with Crippen LogP contribution in [0.25, 0.3) is 5.69 Å². The summed E-state index contributed by atoms with van der Waals surface area (Å²) in [7, 11) is 0. The molecule has 3 rings (SSSR count). The Kier molecular flexibility index (Phi) is 3.92. The predicted molar refractivity (Wildman–Crippen MR) is 78.0 cm³/mol. The molecule has 2 aromatic rings. The van der Waals surface area contributed by atoms with Gasteiger partial charge >= 0.3 is 0 Å². The van der Waals surface area contributed by atoms with Crippen LogP contribution in [0.3, 0.4) is 0 Å². The number of hydrogen-bond donors (Lipinski definition) is 2. The summed E-state index contributed by atoms with van der Waals surface area (Å²) in [5.74, 6) is 0.